The molecule has 0 aliphatic carbocycles. The van der Waals surface area contributed by atoms with Gasteiger partial charge in [-0.2, -0.15) is 0 Å². The van der Waals surface area contributed by atoms with E-state index in [4.69, 9.17) is 4.74 Å². The predicted molar refractivity (Wildman–Crippen MR) is 82.9 cm³/mol. The van der Waals surface area contributed by atoms with Gasteiger partial charge in [0.1, 0.15) is 11.9 Å². The van der Waals surface area contributed by atoms with Crippen LogP contribution in [0.3, 0.4) is 0 Å². The summed E-state index contributed by atoms with van der Waals surface area (Å²) in [5.41, 5.74) is 1.11. The molecule has 1 atom stereocenters. The summed E-state index contributed by atoms with van der Waals surface area (Å²) < 4.78 is 6.54. The van der Waals surface area contributed by atoms with Crippen molar-refractivity contribution >= 4 is 28.4 Å². The predicted octanol–water partition coefficient (Wildman–Crippen LogP) is 3.42. The smallest absolute Gasteiger partial charge is 0.159 e. The number of hydrogen-bond donors (Lipinski definition) is 1. The van der Waals surface area contributed by atoms with E-state index in [0.29, 0.717) is 5.92 Å². The number of methoxy groups -OCH3 is 1. The zero-order valence-corrected chi connectivity index (χ0v) is 13.9. The highest BCUT2D eigenvalue weighted by molar-refractivity contribution is 14.1. The van der Waals surface area contributed by atoms with Gasteiger partial charge in [-0.25, -0.2) is 9.97 Å². The lowest BCUT2D eigenvalue weighted by Gasteiger charge is -2.16. The molecule has 1 aromatic heterocycles. The molecule has 0 bridgehead atoms. The third-order valence-electron chi connectivity index (χ3n) is 2.72. The number of rotatable bonds is 6. The molecule has 0 saturated heterocycles. The summed E-state index contributed by atoms with van der Waals surface area (Å²) in [6.07, 6.45) is 1.81. The standard InChI is InChI=1S/C13H22IN3O/c1-6-10(18-5)12-16-9(7-8(2)3)11(14)13(15-4)17-12/h8,10H,6-7H2,1-5H3,(H,15,16,17). The maximum absolute atomic E-state index is 5.43. The van der Waals surface area contributed by atoms with E-state index in [1.807, 2.05) is 7.05 Å². The molecular formula is C13H22IN3O. The van der Waals surface area contributed by atoms with Gasteiger partial charge < -0.3 is 10.1 Å². The second-order valence-corrected chi connectivity index (χ2v) is 5.75. The molecule has 1 heterocycles. The molecule has 102 valence electrons. The van der Waals surface area contributed by atoms with Gasteiger partial charge in [0.05, 0.1) is 9.26 Å². The van der Waals surface area contributed by atoms with E-state index in [9.17, 15) is 0 Å². The number of nitrogens with zero attached hydrogens (tertiary/aromatic N) is 2. The largest absolute Gasteiger partial charge is 0.373 e. The Morgan fingerprint density at radius 1 is 1.33 bits per heavy atom. The lowest BCUT2D eigenvalue weighted by Crippen LogP contribution is -2.13. The first kappa shape index (κ1) is 15.6. The van der Waals surface area contributed by atoms with E-state index >= 15 is 0 Å². The summed E-state index contributed by atoms with van der Waals surface area (Å²) >= 11 is 2.31. The number of ether oxygens (including phenoxy) is 1. The molecule has 0 saturated carbocycles. The third-order valence-corrected chi connectivity index (χ3v) is 3.85. The molecule has 0 aliphatic heterocycles. The fourth-order valence-electron chi connectivity index (χ4n) is 1.80. The van der Waals surface area contributed by atoms with Gasteiger partial charge in [-0.05, 0) is 41.4 Å². The van der Waals surface area contributed by atoms with Gasteiger partial charge >= 0.3 is 0 Å². The maximum atomic E-state index is 5.43. The SMILES string of the molecule is CCC(OC)c1nc(CC(C)C)c(I)c(NC)n1. The van der Waals surface area contributed by atoms with Crippen LogP contribution in [0.15, 0.2) is 0 Å². The Balaban J connectivity index is 3.20. The third kappa shape index (κ3) is 3.78. The summed E-state index contributed by atoms with van der Waals surface area (Å²) in [6.45, 7) is 6.48. The fourth-order valence-corrected chi connectivity index (χ4v) is 2.53. The number of hydrogen-bond acceptors (Lipinski definition) is 4. The highest BCUT2D eigenvalue weighted by atomic mass is 127. The van der Waals surface area contributed by atoms with Crippen LogP contribution in [-0.2, 0) is 11.2 Å². The molecule has 0 aromatic carbocycles. The molecule has 5 heteroatoms. The van der Waals surface area contributed by atoms with Crippen LogP contribution in [0.25, 0.3) is 0 Å². The van der Waals surface area contributed by atoms with E-state index in [-0.39, 0.29) is 6.10 Å². The minimum absolute atomic E-state index is 0.0278. The van der Waals surface area contributed by atoms with Crippen LogP contribution < -0.4 is 5.32 Å². The van der Waals surface area contributed by atoms with Gasteiger partial charge in [-0.3, -0.25) is 0 Å². The van der Waals surface area contributed by atoms with Crippen molar-refractivity contribution in [2.45, 2.75) is 39.7 Å². The monoisotopic (exact) mass is 363 g/mol. The van der Waals surface area contributed by atoms with Crippen LogP contribution in [0.2, 0.25) is 0 Å². The average molecular weight is 363 g/mol. The highest BCUT2D eigenvalue weighted by Crippen LogP contribution is 2.25. The Kier molecular flexibility index (Phi) is 6.28. The van der Waals surface area contributed by atoms with Crippen molar-refractivity contribution in [3.63, 3.8) is 0 Å². The fraction of sp³-hybridized carbons (Fsp3) is 0.692. The second kappa shape index (κ2) is 7.23. The number of aromatic nitrogens is 2. The summed E-state index contributed by atoms with van der Waals surface area (Å²) in [6, 6.07) is 0. The van der Waals surface area contributed by atoms with E-state index in [1.165, 1.54) is 0 Å². The summed E-state index contributed by atoms with van der Waals surface area (Å²) in [7, 11) is 3.60. The van der Waals surface area contributed by atoms with Crippen LogP contribution >= 0.6 is 22.6 Å². The molecule has 0 fully saturated rings. The van der Waals surface area contributed by atoms with E-state index in [1.54, 1.807) is 7.11 Å². The van der Waals surface area contributed by atoms with Gasteiger partial charge in [-0.15, -0.1) is 0 Å². The molecular weight excluding hydrogens is 341 g/mol. The molecule has 1 rings (SSSR count). The van der Waals surface area contributed by atoms with Crippen LogP contribution in [0.5, 0.6) is 0 Å². The molecule has 18 heavy (non-hydrogen) atoms. The van der Waals surface area contributed by atoms with Crippen molar-refractivity contribution in [1.29, 1.82) is 0 Å². The molecule has 0 spiro atoms. The Morgan fingerprint density at radius 3 is 2.44 bits per heavy atom. The molecule has 1 unspecified atom stereocenters. The van der Waals surface area contributed by atoms with Gasteiger partial charge in [0.2, 0.25) is 0 Å². The summed E-state index contributed by atoms with van der Waals surface area (Å²) in [5.74, 6) is 2.25. The van der Waals surface area contributed by atoms with Crippen molar-refractivity contribution < 1.29 is 4.74 Å². The second-order valence-electron chi connectivity index (χ2n) is 4.67. The van der Waals surface area contributed by atoms with Crippen LogP contribution in [0.4, 0.5) is 5.82 Å². The van der Waals surface area contributed by atoms with Crippen molar-refractivity contribution in [2.75, 3.05) is 19.5 Å². The Hall–Kier alpha value is -0.430. The zero-order valence-electron chi connectivity index (χ0n) is 11.7. The van der Waals surface area contributed by atoms with Crippen molar-refractivity contribution in [1.82, 2.24) is 9.97 Å². The molecule has 1 aromatic rings. The van der Waals surface area contributed by atoms with Crippen LogP contribution in [-0.4, -0.2) is 24.1 Å². The van der Waals surface area contributed by atoms with E-state index in [0.717, 1.165) is 33.7 Å². The number of halogens is 1. The molecule has 0 amide bonds. The first-order chi connectivity index (χ1) is 8.53. The summed E-state index contributed by atoms with van der Waals surface area (Å²) in [4.78, 5) is 9.23. The first-order valence-corrected chi connectivity index (χ1v) is 7.38. The van der Waals surface area contributed by atoms with Gasteiger partial charge in [0.15, 0.2) is 5.82 Å². The summed E-state index contributed by atoms with van der Waals surface area (Å²) in [5, 5.41) is 3.14. The Labute approximate surface area is 123 Å². The quantitative estimate of drug-likeness (QED) is 0.787. The molecule has 4 nitrogen and oxygen atoms in total. The van der Waals surface area contributed by atoms with Crippen molar-refractivity contribution in [2.24, 2.45) is 5.92 Å². The molecule has 0 radical (unpaired) electrons. The van der Waals surface area contributed by atoms with Crippen molar-refractivity contribution in [3.05, 3.63) is 15.1 Å². The number of anilines is 1. The normalized spacial score (nSPS) is 12.8. The highest BCUT2D eigenvalue weighted by Gasteiger charge is 2.17. The zero-order chi connectivity index (χ0) is 13.7. The van der Waals surface area contributed by atoms with Crippen LogP contribution in [0.1, 0.15) is 44.8 Å². The van der Waals surface area contributed by atoms with Gasteiger partial charge in [0, 0.05) is 14.2 Å². The Morgan fingerprint density at radius 2 is 2.00 bits per heavy atom. The molecule has 0 aliphatic rings. The minimum Gasteiger partial charge on any atom is -0.373 e. The topological polar surface area (TPSA) is 47.0 Å². The Bertz CT molecular complexity index is 392. The van der Waals surface area contributed by atoms with Gasteiger partial charge in [0.25, 0.3) is 0 Å². The average Bonchev–Trinajstić information content (AvgIpc) is 2.33. The molecule has 1 N–H and O–H groups in total. The lowest BCUT2D eigenvalue weighted by molar-refractivity contribution is 0.0924. The van der Waals surface area contributed by atoms with Gasteiger partial charge in [-0.1, -0.05) is 20.8 Å². The lowest BCUT2D eigenvalue weighted by atomic mass is 10.1. The van der Waals surface area contributed by atoms with Crippen LogP contribution in [0, 0.1) is 9.49 Å². The maximum Gasteiger partial charge on any atom is 0.159 e. The van der Waals surface area contributed by atoms with E-state index < -0.39 is 0 Å². The number of nitrogens with one attached hydrogen (secondary N) is 1. The minimum atomic E-state index is -0.0278. The van der Waals surface area contributed by atoms with E-state index in [2.05, 4.69) is 58.6 Å². The first-order valence-electron chi connectivity index (χ1n) is 6.30. The van der Waals surface area contributed by atoms with Crippen molar-refractivity contribution in [3.8, 4) is 0 Å².